The van der Waals surface area contributed by atoms with E-state index in [4.69, 9.17) is 4.74 Å². The Kier molecular flexibility index (Phi) is 5.69. The predicted molar refractivity (Wildman–Crippen MR) is 82.0 cm³/mol. The molecule has 0 aliphatic rings. The topological polar surface area (TPSA) is 34.2 Å². The van der Waals surface area contributed by atoms with Crippen molar-refractivity contribution >= 4 is 23.1 Å². The van der Waals surface area contributed by atoms with Gasteiger partial charge < -0.3 is 10.1 Å². The Bertz CT molecular complexity index is 496. The number of rotatable bonds is 7. The van der Waals surface area contributed by atoms with Crippen molar-refractivity contribution in [1.82, 2.24) is 10.3 Å². The number of thiazole rings is 1. The monoisotopic (exact) mass is 294 g/mol. The molecular formula is C14H18N2OS2. The fraction of sp³-hybridized carbons (Fsp3) is 0.357. The van der Waals surface area contributed by atoms with Gasteiger partial charge in [0.05, 0.1) is 5.69 Å². The second-order valence-corrected chi connectivity index (χ2v) is 5.80. The van der Waals surface area contributed by atoms with Crippen LogP contribution in [0.3, 0.4) is 0 Å². The van der Waals surface area contributed by atoms with Crippen molar-refractivity contribution in [2.24, 2.45) is 0 Å². The van der Waals surface area contributed by atoms with Crippen LogP contribution in [-0.4, -0.2) is 17.8 Å². The molecule has 3 nitrogen and oxygen atoms in total. The maximum absolute atomic E-state index is 5.72. The Morgan fingerprint density at radius 2 is 2.11 bits per heavy atom. The summed E-state index contributed by atoms with van der Waals surface area (Å²) in [6, 6.07) is 8.13. The Labute approximate surface area is 122 Å². The lowest BCUT2D eigenvalue weighted by atomic mass is 10.3. The van der Waals surface area contributed by atoms with E-state index in [2.05, 4.69) is 41.0 Å². The van der Waals surface area contributed by atoms with E-state index in [1.54, 1.807) is 23.1 Å². The zero-order valence-corrected chi connectivity index (χ0v) is 12.8. The van der Waals surface area contributed by atoms with Gasteiger partial charge in [0.25, 0.3) is 0 Å². The Morgan fingerprint density at radius 1 is 1.32 bits per heavy atom. The zero-order chi connectivity index (χ0) is 13.5. The summed E-state index contributed by atoms with van der Waals surface area (Å²) < 4.78 is 5.72. The van der Waals surface area contributed by atoms with Gasteiger partial charge in [-0.1, -0.05) is 6.92 Å². The Balaban J connectivity index is 1.85. The molecule has 0 fully saturated rings. The first-order chi connectivity index (χ1) is 9.31. The van der Waals surface area contributed by atoms with Crippen molar-refractivity contribution < 1.29 is 4.74 Å². The number of hydrogen-bond donors (Lipinski definition) is 1. The number of thioether (sulfide) groups is 1. The number of aromatic nitrogens is 1. The molecule has 0 saturated carbocycles. The first kappa shape index (κ1) is 14.4. The minimum Gasteiger partial charge on any atom is -0.487 e. The highest BCUT2D eigenvalue weighted by atomic mass is 32.2. The van der Waals surface area contributed by atoms with Crippen LogP contribution < -0.4 is 10.1 Å². The molecule has 0 amide bonds. The van der Waals surface area contributed by atoms with Crippen LogP contribution in [0.15, 0.2) is 34.5 Å². The van der Waals surface area contributed by atoms with Crippen molar-refractivity contribution in [2.75, 3.05) is 12.8 Å². The van der Waals surface area contributed by atoms with Gasteiger partial charge in [-0.05, 0) is 37.1 Å². The predicted octanol–water partition coefficient (Wildman–Crippen LogP) is 3.55. The molecule has 0 aliphatic carbocycles. The average Bonchev–Trinajstić information content (AvgIpc) is 2.91. The van der Waals surface area contributed by atoms with Gasteiger partial charge in [-0.2, -0.15) is 0 Å². The van der Waals surface area contributed by atoms with Crippen molar-refractivity contribution in [3.8, 4) is 5.75 Å². The molecule has 0 saturated heterocycles. The van der Waals surface area contributed by atoms with Crippen LogP contribution >= 0.6 is 23.1 Å². The van der Waals surface area contributed by atoms with Crippen LogP contribution in [0.1, 0.15) is 17.6 Å². The number of ether oxygens (including phenoxy) is 1. The third kappa shape index (κ3) is 4.53. The van der Waals surface area contributed by atoms with Gasteiger partial charge in [0.15, 0.2) is 0 Å². The maximum Gasteiger partial charge on any atom is 0.131 e. The van der Waals surface area contributed by atoms with Crippen LogP contribution in [0, 0.1) is 0 Å². The van der Waals surface area contributed by atoms with E-state index in [0.717, 1.165) is 29.5 Å². The summed E-state index contributed by atoms with van der Waals surface area (Å²) in [4.78, 5) is 5.77. The van der Waals surface area contributed by atoms with Gasteiger partial charge in [-0.25, -0.2) is 4.98 Å². The zero-order valence-electron chi connectivity index (χ0n) is 11.2. The third-order valence-electron chi connectivity index (χ3n) is 2.57. The number of hydrogen-bond acceptors (Lipinski definition) is 5. The molecule has 102 valence electrons. The van der Waals surface area contributed by atoms with Gasteiger partial charge in [0, 0.05) is 16.8 Å². The largest absolute Gasteiger partial charge is 0.487 e. The lowest BCUT2D eigenvalue weighted by Gasteiger charge is -2.04. The van der Waals surface area contributed by atoms with E-state index in [9.17, 15) is 0 Å². The molecule has 5 heteroatoms. The number of benzene rings is 1. The molecule has 0 atom stereocenters. The van der Waals surface area contributed by atoms with Gasteiger partial charge in [0.1, 0.15) is 17.4 Å². The van der Waals surface area contributed by atoms with Gasteiger partial charge in [-0.3, -0.25) is 0 Å². The molecule has 2 aromatic rings. The minimum atomic E-state index is 0.529. The highest BCUT2D eigenvalue weighted by Crippen LogP contribution is 2.20. The fourth-order valence-corrected chi connectivity index (χ4v) is 2.71. The highest BCUT2D eigenvalue weighted by molar-refractivity contribution is 7.98. The summed E-state index contributed by atoms with van der Waals surface area (Å²) in [5, 5.41) is 6.44. The lowest BCUT2D eigenvalue weighted by Crippen LogP contribution is -2.11. The molecule has 2 rings (SSSR count). The molecule has 0 bridgehead atoms. The minimum absolute atomic E-state index is 0.529. The van der Waals surface area contributed by atoms with E-state index in [1.807, 2.05) is 12.1 Å². The molecule has 1 aromatic heterocycles. The quantitative estimate of drug-likeness (QED) is 0.792. The molecule has 0 unspecified atom stereocenters. The van der Waals surface area contributed by atoms with E-state index in [0.29, 0.717) is 6.61 Å². The van der Waals surface area contributed by atoms with Gasteiger partial charge >= 0.3 is 0 Å². The first-order valence-corrected chi connectivity index (χ1v) is 8.33. The fourth-order valence-electron chi connectivity index (χ4n) is 1.56. The van der Waals surface area contributed by atoms with Gasteiger partial charge in [0.2, 0.25) is 0 Å². The molecule has 19 heavy (non-hydrogen) atoms. The Hall–Kier alpha value is -1.04. The molecule has 1 aromatic carbocycles. The highest BCUT2D eigenvalue weighted by Gasteiger charge is 2.02. The average molecular weight is 294 g/mol. The summed E-state index contributed by atoms with van der Waals surface area (Å²) in [6.45, 7) is 4.42. The summed E-state index contributed by atoms with van der Waals surface area (Å²) in [5.74, 6) is 0.888. The third-order valence-corrected chi connectivity index (χ3v) is 4.21. The van der Waals surface area contributed by atoms with Crippen LogP contribution in [-0.2, 0) is 13.2 Å². The first-order valence-electron chi connectivity index (χ1n) is 6.22. The van der Waals surface area contributed by atoms with E-state index >= 15 is 0 Å². The Morgan fingerprint density at radius 3 is 2.79 bits per heavy atom. The smallest absolute Gasteiger partial charge is 0.131 e. The van der Waals surface area contributed by atoms with Gasteiger partial charge in [-0.15, -0.1) is 23.1 Å². The van der Waals surface area contributed by atoms with E-state index in [-0.39, 0.29) is 0 Å². The summed E-state index contributed by atoms with van der Waals surface area (Å²) in [6.07, 6.45) is 2.07. The van der Waals surface area contributed by atoms with Crippen LogP contribution in [0.5, 0.6) is 5.75 Å². The second-order valence-electron chi connectivity index (χ2n) is 3.98. The van der Waals surface area contributed by atoms with Crippen molar-refractivity contribution in [2.45, 2.75) is 25.0 Å². The van der Waals surface area contributed by atoms with E-state index < -0.39 is 0 Å². The standard InChI is InChI=1S/C14H18N2OS2/c1-3-15-8-14-16-11(10-19-14)9-17-12-4-6-13(18-2)7-5-12/h4-7,10,15H,3,8-9H2,1-2H3. The molecular weight excluding hydrogens is 276 g/mol. The molecule has 0 spiro atoms. The molecule has 1 N–H and O–H groups in total. The number of nitrogens with one attached hydrogen (secondary N) is 1. The number of nitrogens with zero attached hydrogens (tertiary/aromatic N) is 1. The maximum atomic E-state index is 5.72. The molecule has 0 radical (unpaired) electrons. The molecule has 1 heterocycles. The summed E-state index contributed by atoms with van der Waals surface area (Å²) in [7, 11) is 0. The van der Waals surface area contributed by atoms with Crippen molar-refractivity contribution in [3.05, 3.63) is 40.3 Å². The van der Waals surface area contributed by atoms with Crippen LogP contribution in [0.25, 0.3) is 0 Å². The van der Waals surface area contributed by atoms with Crippen molar-refractivity contribution in [1.29, 1.82) is 0 Å². The summed E-state index contributed by atoms with van der Waals surface area (Å²) in [5.41, 5.74) is 0.992. The van der Waals surface area contributed by atoms with Crippen LogP contribution in [0.2, 0.25) is 0 Å². The second kappa shape index (κ2) is 7.53. The normalized spacial score (nSPS) is 10.6. The van der Waals surface area contributed by atoms with E-state index in [1.165, 1.54) is 4.90 Å². The molecule has 0 aliphatic heterocycles. The lowest BCUT2D eigenvalue weighted by molar-refractivity contribution is 0.301. The van der Waals surface area contributed by atoms with Crippen molar-refractivity contribution in [3.63, 3.8) is 0 Å². The summed E-state index contributed by atoms with van der Waals surface area (Å²) >= 11 is 3.40. The van der Waals surface area contributed by atoms with Crippen LogP contribution in [0.4, 0.5) is 0 Å². The SMILES string of the molecule is CCNCc1nc(COc2ccc(SC)cc2)cs1.